The van der Waals surface area contributed by atoms with Crippen LogP contribution in [0.2, 0.25) is 0 Å². The molecule has 0 saturated heterocycles. The Labute approximate surface area is 122 Å². The predicted octanol–water partition coefficient (Wildman–Crippen LogP) is 0.586. The second-order valence-corrected chi connectivity index (χ2v) is 6.00. The summed E-state index contributed by atoms with van der Waals surface area (Å²) in [6, 6.07) is 5.76. The van der Waals surface area contributed by atoms with Gasteiger partial charge in [0.05, 0.1) is 16.3 Å². The van der Waals surface area contributed by atoms with Crippen molar-refractivity contribution in [3.05, 3.63) is 30.0 Å². The van der Waals surface area contributed by atoms with Crippen LogP contribution in [0, 0.1) is 0 Å². The molecule has 0 aliphatic rings. The lowest BCUT2D eigenvalue weighted by molar-refractivity contribution is 0.601. The van der Waals surface area contributed by atoms with Crippen molar-refractivity contribution in [3.63, 3.8) is 0 Å². The third-order valence-corrected chi connectivity index (χ3v) is 4.15. The quantitative estimate of drug-likeness (QED) is 0.603. The maximum absolute atomic E-state index is 12.3. The first kappa shape index (κ1) is 14.9. The summed E-state index contributed by atoms with van der Waals surface area (Å²) >= 11 is 0. The van der Waals surface area contributed by atoms with E-state index in [0.717, 1.165) is 0 Å². The molecule has 112 valence electrons. The number of hydrogen-bond donors (Lipinski definition) is 4. The number of nitrogens with one attached hydrogen (secondary N) is 1. The van der Waals surface area contributed by atoms with Gasteiger partial charge >= 0.3 is 0 Å². The second kappa shape index (κ2) is 5.44. The Balaban J connectivity index is 2.41. The van der Waals surface area contributed by atoms with Gasteiger partial charge in [-0.05, 0) is 30.7 Å². The van der Waals surface area contributed by atoms with Gasteiger partial charge in [0.1, 0.15) is 0 Å². The SMILES string of the molecule is CCc1nc(N)nc(NS(=O)(=O)c2ccc(N)cc2)c1N. The van der Waals surface area contributed by atoms with Crippen LogP contribution < -0.4 is 21.9 Å². The molecule has 21 heavy (non-hydrogen) atoms. The van der Waals surface area contributed by atoms with E-state index in [1.807, 2.05) is 6.92 Å². The fourth-order valence-corrected chi connectivity index (χ4v) is 2.74. The van der Waals surface area contributed by atoms with Gasteiger partial charge in [-0.1, -0.05) is 6.92 Å². The van der Waals surface area contributed by atoms with Crippen LogP contribution in [0.15, 0.2) is 29.2 Å². The van der Waals surface area contributed by atoms with Crippen LogP contribution in [0.25, 0.3) is 0 Å². The third kappa shape index (κ3) is 3.14. The lowest BCUT2D eigenvalue weighted by atomic mass is 10.3. The minimum absolute atomic E-state index is 0.0313. The molecule has 0 radical (unpaired) electrons. The largest absolute Gasteiger partial charge is 0.399 e. The van der Waals surface area contributed by atoms with Crippen LogP contribution in [0.1, 0.15) is 12.6 Å². The van der Waals surface area contributed by atoms with Gasteiger partial charge in [-0.15, -0.1) is 0 Å². The van der Waals surface area contributed by atoms with Crippen LogP contribution in [-0.2, 0) is 16.4 Å². The van der Waals surface area contributed by atoms with Gasteiger partial charge in [-0.3, -0.25) is 4.72 Å². The van der Waals surface area contributed by atoms with E-state index in [1.54, 1.807) is 0 Å². The highest BCUT2D eigenvalue weighted by atomic mass is 32.2. The minimum Gasteiger partial charge on any atom is -0.399 e. The number of sulfonamides is 1. The summed E-state index contributed by atoms with van der Waals surface area (Å²) in [6.45, 7) is 1.83. The normalized spacial score (nSPS) is 11.3. The fraction of sp³-hybridized carbons (Fsp3) is 0.167. The molecule has 2 aromatic rings. The molecule has 0 fully saturated rings. The third-order valence-electron chi connectivity index (χ3n) is 2.80. The molecule has 0 aliphatic carbocycles. The molecule has 0 spiro atoms. The van der Waals surface area contributed by atoms with Gasteiger partial charge in [-0.2, -0.15) is 4.98 Å². The van der Waals surface area contributed by atoms with Gasteiger partial charge in [0.15, 0.2) is 5.82 Å². The maximum atomic E-state index is 12.3. The molecule has 1 heterocycles. The molecule has 1 aromatic carbocycles. The molecule has 1 aromatic heterocycles. The first-order valence-electron chi connectivity index (χ1n) is 6.13. The highest BCUT2D eigenvalue weighted by Gasteiger charge is 2.18. The summed E-state index contributed by atoms with van der Waals surface area (Å²) < 4.78 is 26.8. The van der Waals surface area contributed by atoms with Crippen LogP contribution in [0.3, 0.4) is 0 Å². The Bertz CT molecular complexity index is 758. The van der Waals surface area contributed by atoms with E-state index in [2.05, 4.69) is 14.7 Å². The molecule has 0 aliphatic heterocycles. The Morgan fingerprint density at radius 3 is 2.29 bits per heavy atom. The number of rotatable bonds is 4. The van der Waals surface area contributed by atoms with E-state index >= 15 is 0 Å². The predicted molar refractivity (Wildman–Crippen MR) is 81.9 cm³/mol. The summed E-state index contributed by atoms with van der Waals surface area (Å²) in [7, 11) is -3.83. The zero-order valence-electron chi connectivity index (χ0n) is 11.4. The van der Waals surface area contributed by atoms with Crippen molar-refractivity contribution >= 4 is 33.2 Å². The topological polar surface area (TPSA) is 150 Å². The van der Waals surface area contributed by atoms with Crippen molar-refractivity contribution in [2.75, 3.05) is 21.9 Å². The van der Waals surface area contributed by atoms with Crippen molar-refractivity contribution in [2.45, 2.75) is 18.2 Å². The first-order valence-corrected chi connectivity index (χ1v) is 7.62. The van der Waals surface area contributed by atoms with Crippen molar-refractivity contribution in [1.82, 2.24) is 9.97 Å². The summed E-state index contributed by atoms with van der Waals surface area (Å²) in [6.07, 6.45) is 0.509. The van der Waals surface area contributed by atoms with E-state index in [1.165, 1.54) is 24.3 Å². The average Bonchev–Trinajstić information content (AvgIpc) is 2.42. The average molecular weight is 308 g/mol. The standard InChI is InChI=1S/C12H16N6O2S/c1-2-9-10(14)11(17-12(15)16-9)18-21(19,20)8-5-3-7(13)4-6-8/h3-6H,2,13-14H2,1H3,(H3,15,16,17,18). The van der Waals surface area contributed by atoms with Crippen molar-refractivity contribution < 1.29 is 8.42 Å². The number of benzene rings is 1. The smallest absolute Gasteiger partial charge is 0.263 e. The molecule has 0 bridgehead atoms. The van der Waals surface area contributed by atoms with Gasteiger partial charge in [0, 0.05) is 5.69 Å². The molecule has 7 N–H and O–H groups in total. The molecular formula is C12H16N6O2S. The van der Waals surface area contributed by atoms with E-state index in [4.69, 9.17) is 17.2 Å². The zero-order chi connectivity index (χ0) is 15.6. The van der Waals surface area contributed by atoms with Gasteiger partial charge in [0.2, 0.25) is 5.95 Å². The number of nitrogens with zero attached hydrogens (tertiary/aromatic N) is 2. The maximum Gasteiger partial charge on any atom is 0.263 e. The summed E-state index contributed by atoms with van der Waals surface area (Å²) in [5.74, 6) is -0.0766. The number of aryl methyl sites for hydroxylation is 1. The van der Waals surface area contributed by atoms with Gasteiger partial charge < -0.3 is 17.2 Å². The lowest BCUT2D eigenvalue weighted by Gasteiger charge is -2.12. The molecule has 2 rings (SSSR count). The number of nitrogen functional groups attached to an aromatic ring is 3. The molecule has 0 unspecified atom stereocenters. The number of nitrogens with two attached hydrogens (primary N) is 3. The highest BCUT2D eigenvalue weighted by molar-refractivity contribution is 7.92. The fourth-order valence-electron chi connectivity index (χ4n) is 1.72. The molecule has 0 atom stereocenters. The Morgan fingerprint density at radius 1 is 1.10 bits per heavy atom. The molecule has 8 nitrogen and oxygen atoms in total. The van der Waals surface area contributed by atoms with Crippen LogP contribution in [0.5, 0.6) is 0 Å². The zero-order valence-corrected chi connectivity index (χ0v) is 12.2. The van der Waals surface area contributed by atoms with E-state index < -0.39 is 10.0 Å². The summed E-state index contributed by atoms with van der Waals surface area (Å²) in [5, 5.41) is 0. The van der Waals surface area contributed by atoms with Crippen molar-refractivity contribution in [2.24, 2.45) is 0 Å². The molecule has 0 amide bonds. The van der Waals surface area contributed by atoms with E-state index in [-0.39, 0.29) is 22.3 Å². The van der Waals surface area contributed by atoms with Crippen LogP contribution in [-0.4, -0.2) is 18.4 Å². The first-order chi connectivity index (χ1) is 9.83. The molecule has 0 saturated carbocycles. The van der Waals surface area contributed by atoms with Crippen molar-refractivity contribution in [1.29, 1.82) is 0 Å². The number of anilines is 4. The Morgan fingerprint density at radius 2 is 1.71 bits per heavy atom. The van der Waals surface area contributed by atoms with Crippen LogP contribution >= 0.6 is 0 Å². The lowest BCUT2D eigenvalue weighted by Crippen LogP contribution is -2.17. The van der Waals surface area contributed by atoms with Crippen molar-refractivity contribution in [3.8, 4) is 0 Å². The number of aromatic nitrogens is 2. The Hall–Kier alpha value is -2.55. The summed E-state index contributed by atoms with van der Waals surface area (Å²) in [4.78, 5) is 7.84. The van der Waals surface area contributed by atoms with Crippen LogP contribution in [0.4, 0.5) is 23.1 Å². The molecule has 9 heteroatoms. The van der Waals surface area contributed by atoms with E-state index in [0.29, 0.717) is 17.8 Å². The Kier molecular flexibility index (Phi) is 3.85. The number of hydrogen-bond acceptors (Lipinski definition) is 7. The molecular weight excluding hydrogens is 292 g/mol. The minimum atomic E-state index is -3.83. The second-order valence-electron chi connectivity index (χ2n) is 4.32. The van der Waals surface area contributed by atoms with Gasteiger partial charge in [-0.25, -0.2) is 13.4 Å². The van der Waals surface area contributed by atoms with E-state index in [9.17, 15) is 8.42 Å². The monoisotopic (exact) mass is 308 g/mol. The summed E-state index contributed by atoms with van der Waals surface area (Å²) in [5.41, 5.74) is 18.0. The highest BCUT2D eigenvalue weighted by Crippen LogP contribution is 2.24. The van der Waals surface area contributed by atoms with Gasteiger partial charge in [0.25, 0.3) is 10.0 Å².